The molecule has 0 spiro atoms. The van der Waals surface area contributed by atoms with E-state index in [1.807, 2.05) is 6.07 Å². The molecule has 0 aromatic heterocycles. The van der Waals surface area contributed by atoms with E-state index in [9.17, 15) is 0 Å². The van der Waals surface area contributed by atoms with Crippen molar-refractivity contribution in [2.45, 2.75) is 31.2 Å². The van der Waals surface area contributed by atoms with Gasteiger partial charge in [0.05, 0.1) is 0 Å². The number of nitrogen functional groups attached to an aromatic ring is 1. The summed E-state index contributed by atoms with van der Waals surface area (Å²) in [6.45, 7) is 2.53. The van der Waals surface area contributed by atoms with Crippen LogP contribution in [0.5, 0.6) is 0 Å². The lowest BCUT2D eigenvalue weighted by Crippen LogP contribution is -2.22. The second-order valence-corrected chi connectivity index (χ2v) is 4.88. The van der Waals surface area contributed by atoms with Crippen molar-refractivity contribution in [3.8, 4) is 0 Å². The van der Waals surface area contributed by atoms with Crippen molar-refractivity contribution in [1.29, 1.82) is 0 Å². The fourth-order valence-corrected chi connectivity index (χ4v) is 2.64. The van der Waals surface area contributed by atoms with Crippen LogP contribution < -0.4 is 5.73 Å². The van der Waals surface area contributed by atoms with Gasteiger partial charge in [0.2, 0.25) is 0 Å². The Morgan fingerprint density at radius 2 is 2.07 bits per heavy atom. The normalized spacial score (nSPS) is 27.1. The Labute approximate surface area is 91.1 Å². The van der Waals surface area contributed by atoms with Crippen molar-refractivity contribution < 1.29 is 0 Å². The van der Waals surface area contributed by atoms with E-state index < -0.39 is 0 Å². The zero-order valence-electron chi connectivity index (χ0n) is 9.02. The summed E-state index contributed by atoms with van der Waals surface area (Å²) in [4.78, 5) is 2.65. The lowest BCUT2D eigenvalue weighted by atomic mass is 9.98. The number of rotatable bonds is 2. The van der Waals surface area contributed by atoms with Crippen molar-refractivity contribution in [1.82, 2.24) is 4.90 Å². The van der Waals surface area contributed by atoms with Crippen LogP contribution in [0.3, 0.4) is 0 Å². The summed E-state index contributed by atoms with van der Waals surface area (Å²) in [5.41, 5.74) is 8.15. The summed E-state index contributed by atoms with van der Waals surface area (Å²) >= 11 is 0. The average Bonchev–Trinajstić information content (AvgIpc) is 2.97. The van der Waals surface area contributed by atoms with E-state index in [1.54, 1.807) is 0 Å². The number of benzene rings is 1. The molecule has 1 saturated heterocycles. The summed E-state index contributed by atoms with van der Waals surface area (Å²) in [7, 11) is 0. The fraction of sp³-hybridized carbons (Fsp3) is 0.538. The van der Waals surface area contributed by atoms with Gasteiger partial charge in [-0.25, -0.2) is 0 Å². The summed E-state index contributed by atoms with van der Waals surface area (Å²) < 4.78 is 0. The zero-order chi connectivity index (χ0) is 10.3. The molecule has 2 fully saturated rings. The van der Waals surface area contributed by atoms with Gasteiger partial charge >= 0.3 is 0 Å². The quantitative estimate of drug-likeness (QED) is 0.745. The number of nitrogens with zero attached hydrogens (tertiary/aromatic N) is 1. The van der Waals surface area contributed by atoms with Crippen LogP contribution >= 0.6 is 0 Å². The van der Waals surface area contributed by atoms with Crippen molar-refractivity contribution in [3.05, 3.63) is 29.8 Å². The van der Waals surface area contributed by atoms with Gasteiger partial charge in [-0.3, -0.25) is 4.90 Å². The molecule has 1 aliphatic carbocycles. The number of nitrogens with two attached hydrogens (primary N) is 1. The number of hydrogen-bond donors (Lipinski definition) is 1. The summed E-state index contributed by atoms with van der Waals surface area (Å²) in [6.07, 6.45) is 4.15. The molecular formula is C13H18N2. The van der Waals surface area contributed by atoms with Gasteiger partial charge in [-0.05, 0) is 49.4 Å². The van der Waals surface area contributed by atoms with E-state index >= 15 is 0 Å². The first-order valence-electron chi connectivity index (χ1n) is 5.92. The smallest absolute Gasteiger partial charge is 0.0316 e. The molecule has 1 aromatic rings. The Bertz CT molecular complexity index is 357. The molecule has 1 atom stereocenters. The minimum Gasteiger partial charge on any atom is -0.399 e. The first-order valence-corrected chi connectivity index (χ1v) is 5.92. The van der Waals surface area contributed by atoms with E-state index in [2.05, 4.69) is 23.1 Å². The Balaban J connectivity index is 1.72. The number of likely N-dealkylation sites (tertiary alicyclic amines) is 1. The highest BCUT2D eigenvalue weighted by Crippen LogP contribution is 2.35. The van der Waals surface area contributed by atoms with Gasteiger partial charge in [0.15, 0.2) is 0 Å². The maximum Gasteiger partial charge on any atom is 0.0316 e. The highest BCUT2D eigenvalue weighted by molar-refractivity contribution is 5.42. The summed E-state index contributed by atoms with van der Waals surface area (Å²) in [5.74, 6) is 0.717. The molecule has 1 aliphatic heterocycles. The third kappa shape index (κ3) is 1.86. The first-order chi connectivity index (χ1) is 7.33. The Morgan fingerprint density at radius 3 is 2.80 bits per heavy atom. The van der Waals surface area contributed by atoms with Crippen LogP contribution in [0.25, 0.3) is 0 Å². The van der Waals surface area contributed by atoms with E-state index in [-0.39, 0.29) is 0 Å². The van der Waals surface area contributed by atoms with Crippen molar-refractivity contribution >= 4 is 5.69 Å². The average molecular weight is 202 g/mol. The second kappa shape index (κ2) is 3.53. The standard InChI is InChI=1S/C13H18N2/c14-12-3-1-2-10(8-12)11-6-7-15(9-11)13-4-5-13/h1-3,8,11,13H,4-7,9,14H2. The van der Waals surface area contributed by atoms with Crippen LogP contribution in [-0.2, 0) is 0 Å². The molecule has 0 bridgehead atoms. The van der Waals surface area contributed by atoms with Crippen LogP contribution in [0.1, 0.15) is 30.7 Å². The van der Waals surface area contributed by atoms with E-state index in [4.69, 9.17) is 5.73 Å². The molecule has 15 heavy (non-hydrogen) atoms. The van der Waals surface area contributed by atoms with E-state index in [0.29, 0.717) is 5.92 Å². The Hall–Kier alpha value is -1.02. The molecule has 1 unspecified atom stereocenters. The van der Waals surface area contributed by atoms with Gasteiger partial charge in [0.25, 0.3) is 0 Å². The van der Waals surface area contributed by atoms with Crippen LogP contribution in [0.4, 0.5) is 5.69 Å². The molecule has 2 aliphatic rings. The summed E-state index contributed by atoms with van der Waals surface area (Å²) in [5, 5.41) is 0. The molecule has 0 radical (unpaired) electrons. The molecule has 80 valence electrons. The van der Waals surface area contributed by atoms with Gasteiger partial charge in [-0.1, -0.05) is 12.1 Å². The lowest BCUT2D eigenvalue weighted by molar-refractivity contribution is 0.324. The van der Waals surface area contributed by atoms with Crippen LogP contribution in [0.15, 0.2) is 24.3 Å². The van der Waals surface area contributed by atoms with Gasteiger partial charge in [0, 0.05) is 18.3 Å². The monoisotopic (exact) mass is 202 g/mol. The molecule has 2 nitrogen and oxygen atoms in total. The number of hydrogen-bond acceptors (Lipinski definition) is 2. The predicted molar refractivity (Wildman–Crippen MR) is 62.8 cm³/mol. The number of anilines is 1. The molecule has 1 aromatic carbocycles. The minimum atomic E-state index is 0.717. The summed E-state index contributed by atoms with van der Waals surface area (Å²) in [6, 6.07) is 9.32. The SMILES string of the molecule is Nc1cccc(C2CCN(C3CC3)C2)c1. The highest BCUT2D eigenvalue weighted by atomic mass is 15.2. The van der Waals surface area contributed by atoms with Gasteiger partial charge in [0.1, 0.15) is 0 Å². The van der Waals surface area contributed by atoms with Crippen LogP contribution in [-0.4, -0.2) is 24.0 Å². The molecule has 3 rings (SSSR count). The molecule has 2 heteroatoms. The van der Waals surface area contributed by atoms with Crippen LogP contribution in [0.2, 0.25) is 0 Å². The van der Waals surface area contributed by atoms with Crippen LogP contribution in [0, 0.1) is 0 Å². The van der Waals surface area contributed by atoms with Crippen molar-refractivity contribution in [2.24, 2.45) is 0 Å². The Morgan fingerprint density at radius 1 is 1.20 bits per heavy atom. The molecule has 2 N–H and O–H groups in total. The first kappa shape index (κ1) is 9.22. The highest BCUT2D eigenvalue weighted by Gasteiger charge is 2.34. The molecule has 1 saturated carbocycles. The van der Waals surface area contributed by atoms with Gasteiger partial charge in [-0.15, -0.1) is 0 Å². The van der Waals surface area contributed by atoms with E-state index in [0.717, 1.165) is 11.7 Å². The van der Waals surface area contributed by atoms with Crippen molar-refractivity contribution in [2.75, 3.05) is 18.8 Å². The maximum atomic E-state index is 5.82. The largest absolute Gasteiger partial charge is 0.399 e. The molecular weight excluding hydrogens is 184 g/mol. The Kier molecular flexibility index (Phi) is 2.17. The van der Waals surface area contributed by atoms with E-state index in [1.165, 1.54) is 37.9 Å². The second-order valence-electron chi connectivity index (χ2n) is 4.88. The van der Waals surface area contributed by atoms with Gasteiger partial charge < -0.3 is 5.73 Å². The zero-order valence-corrected chi connectivity index (χ0v) is 9.02. The lowest BCUT2D eigenvalue weighted by Gasteiger charge is -2.15. The fourth-order valence-electron chi connectivity index (χ4n) is 2.64. The van der Waals surface area contributed by atoms with Gasteiger partial charge in [-0.2, -0.15) is 0 Å². The van der Waals surface area contributed by atoms with Crippen molar-refractivity contribution in [3.63, 3.8) is 0 Å². The maximum absolute atomic E-state index is 5.82. The molecule has 0 amide bonds. The predicted octanol–water partition coefficient (Wildman–Crippen LogP) is 2.22. The minimum absolute atomic E-state index is 0.717. The topological polar surface area (TPSA) is 29.3 Å². The third-order valence-electron chi connectivity index (χ3n) is 3.67. The molecule has 1 heterocycles. The third-order valence-corrected chi connectivity index (χ3v) is 3.67.